The lowest BCUT2D eigenvalue weighted by atomic mass is 10.4. The van der Waals surface area contributed by atoms with Crippen LogP contribution in [0.2, 0.25) is 0 Å². The Bertz CT molecular complexity index is 484. The lowest BCUT2D eigenvalue weighted by Gasteiger charge is -2.17. The van der Waals surface area contributed by atoms with Crippen LogP contribution in [0.15, 0.2) is 23.3 Å². The fraction of sp³-hybridized carbons (Fsp3) is 0.300. The van der Waals surface area contributed by atoms with E-state index in [-0.39, 0.29) is 12.8 Å². The van der Waals surface area contributed by atoms with Gasteiger partial charge in [-0.15, -0.1) is 0 Å². The third-order valence-corrected chi connectivity index (χ3v) is 1.99. The number of nitrogens with zero attached hydrogens (tertiary/aromatic N) is 3. The second-order valence-corrected chi connectivity index (χ2v) is 3.01. The first-order chi connectivity index (χ1) is 7.31. The molecule has 1 aliphatic rings. The molecule has 0 N–H and O–H groups in total. The summed E-state index contributed by atoms with van der Waals surface area (Å²) in [4.78, 5) is 21.1. The number of hydrogen-bond donors (Lipinski definition) is 0. The van der Waals surface area contributed by atoms with Crippen molar-refractivity contribution in [2.75, 3.05) is 13.3 Å². The quantitative estimate of drug-likeness (QED) is 0.641. The number of ether oxygens (including phenoxy) is 1. The van der Waals surface area contributed by atoms with Gasteiger partial charge in [0.05, 0.1) is 6.61 Å². The van der Waals surface area contributed by atoms with Gasteiger partial charge in [0.2, 0.25) is 0 Å². The molecule has 0 unspecified atom stereocenters. The molecule has 0 bridgehead atoms. The molecular weight excluding hydrogens is 194 g/mol. The van der Waals surface area contributed by atoms with E-state index >= 15 is 0 Å². The first kappa shape index (κ1) is 9.64. The summed E-state index contributed by atoms with van der Waals surface area (Å²) in [6.45, 7) is 2.40. The molecule has 0 spiro atoms. The number of carbonyl (C=O) groups is 1. The van der Waals surface area contributed by atoms with Crippen molar-refractivity contribution in [2.24, 2.45) is 4.99 Å². The fourth-order valence-corrected chi connectivity index (χ4v) is 1.31. The molecule has 1 aromatic rings. The molecule has 1 amide bonds. The average Bonchev–Trinajstić information content (AvgIpc) is 2.29. The van der Waals surface area contributed by atoms with E-state index in [9.17, 15) is 4.79 Å². The van der Waals surface area contributed by atoms with Gasteiger partial charge in [-0.05, 0) is 19.1 Å². The molecule has 0 saturated carbocycles. The summed E-state index contributed by atoms with van der Waals surface area (Å²) in [5.41, 5.74) is 0.665. The van der Waals surface area contributed by atoms with Gasteiger partial charge in [-0.2, -0.15) is 0 Å². The highest BCUT2D eigenvalue weighted by Gasteiger charge is 2.13. The normalized spacial score (nSPS) is 13.5. The summed E-state index contributed by atoms with van der Waals surface area (Å²) in [7, 11) is 0. The Labute approximate surface area is 86.7 Å². The van der Waals surface area contributed by atoms with Crippen LogP contribution in [0.5, 0.6) is 0 Å². The molecule has 5 heteroatoms. The minimum atomic E-state index is -0.379. The summed E-state index contributed by atoms with van der Waals surface area (Å²) in [5.74, 6) is 0. The van der Waals surface area contributed by atoms with Crippen LogP contribution >= 0.6 is 0 Å². The molecular formula is C10H11N3O2. The van der Waals surface area contributed by atoms with E-state index in [2.05, 4.69) is 9.98 Å². The van der Waals surface area contributed by atoms with Crippen LogP contribution in [-0.4, -0.2) is 29.3 Å². The van der Waals surface area contributed by atoms with E-state index in [0.717, 1.165) is 5.22 Å². The number of aromatic nitrogens is 1. The van der Waals surface area contributed by atoms with E-state index in [0.29, 0.717) is 12.1 Å². The van der Waals surface area contributed by atoms with Crippen molar-refractivity contribution in [1.82, 2.24) is 9.88 Å². The Balaban J connectivity index is 2.30. The third kappa shape index (κ3) is 1.96. The molecule has 15 heavy (non-hydrogen) atoms. The van der Waals surface area contributed by atoms with Crippen molar-refractivity contribution in [3.05, 3.63) is 29.0 Å². The average molecular weight is 205 g/mol. The number of pyridine rings is 1. The van der Waals surface area contributed by atoms with E-state index < -0.39 is 0 Å². The zero-order chi connectivity index (χ0) is 10.7. The smallest absolute Gasteiger partial charge is 0.415 e. The predicted octanol–water partition coefficient (Wildman–Crippen LogP) is -0.131. The molecule has 5 nitrogen and oxygen atoms in total. The molecule has 0 fully saturated rings. The largest absolute Gasteiger partial charge is 0.449 e. The zero-order valence-corrected chi connectivity index (χ0v) is 8.38. The van der Waals surface area contributed by atoms with E-state index in [1.54, 1.807) is 25.4 Å². The van der Waals surface area contributed by atoms with Crippen molar-refractivity contribution >= 4 is 12.3 Å². The lowest BCUT2D eigenvalue weighted by Crippen LogP contribution is -2.40. The standard InChI is InChI=1S/C10H11N3O2/c1-2-15-10(14)13-6-8-4-3-5-11-9(8)12-7-13/h3-6H,2,7H2,1H3. The molecule has 1 aliphatic heterocycles. The van der Waals surface area contributed by atoms with Gasteiger partial charge in [-0.3, -0.25) is 4.90 Å². The van der Waals surface area contributed by atoms with Gasteiger partial charge in [0.15, 0.2) is 5.49 Å². The van der Waals surface area contributed by atoms with Gasteiger partial charge < -0.3 is 4.74 Å². The van der Waals surface area contributed by atoms with Gasteiger partial charge in [0, 0.05) is 17.6 Å². The highest BCUT2D eigenvalue weighted by molar-refractivity contribution is 5.72. The lowest BCUT2D eigenvalue weighted by molar-refractivity contribution is 0.127. The molecule has 2 heterocycles. The van der Waals surface area contributed by atoms with Crippen LogP contribution in [0.1, 0.15) is 6.92 Å². The van der Waals surface area contributed by atoms with Crippen molar-refractivity contribution < 1.29 is 9.53 Å². The minimum absolute atomic E-state index is 0.267. The van der Waals surface area contributed by atoms with Crippen LogP contribution in [0.3, 0.4) is 0 Å². The topological polar surface area (TPSA) is 54.8 Å². The molecule has 78 valence electrons. The summed E-state index contributed by atoms with van der Waals surface area (Å²) < 4.78 is 4.87. The van der Waals surface area contributed by atoms with Crippen LogP contribution in [0.25, 0.3) is 6.20 Å². The molecule has 0 saturated heterocycles. The Morgan fingerprint density at radius 2 is 2.53 bits per heavy atom. The maximum atomic E-state index is 11.4. The summed E-state index contributed by atoms with van der Waals surface area (Å²) in [6.07, 6.45) is 3.00. The van der Waals surface area contributed by atoms with Crippen LogP contribution in [0.4, 0.5) is 4.79 Å². The molecule has 2 rings (SSSR count). The Kier molecular flexibility index (Phi) is 2.62. The van der Waals surface area contributed by atoms with Crippen molar-refractivity contribution in [3.63, 3.8) is 0 Å². The zero-order valence-electron chi connectivity index (χ0n) is 8.38. The molecule has 0 radical (unpaired) electrons. The monoisotopic (exact) mass is 205 g/mol. The van der Waals surface area contributed by atoms with Gasteiger partial charge in [-0.25, -0.2) is 14.8 Å². The van der Waals surface area contributed by atoms with Crippen molar-refractivity contribution in [2.45, 2.75) is 6.92 Å². The van der Waals surface area contributed by atoms with E-state index in [4.69, 9.17) is 4.74 Å². The van der Waals surface area contributed by atoms with E-state index in [1.165, 1.54) is 4.90 Å². The Hall–Kier alpha value is -1.91. The van der Waals surface area contributed by atoms with Gasteiger partial charge in [-0.1, -0.05) is 0 Å². The molecule has 0 aromatic carbocycles. The number of rotatable bonds is 1. The maximum Gasteiger partial charge on any atom is 0.415 e. The Morgan fingerprint density at radius 3 is 3.33 bits per heavy atom. The first-order valence-electron chi connectivity index (χ1n) is 4.72. The van der Waals surface area contributed by atoms with Crippen LogP contribution in [0, 0.1) is 0 Å². The van der Waals surface area contributed by atoms with Crippen LogP contribution < -0.4 is 10.7 Å². The second-order valence-electron chi connectivity index (χ2n) is 3.01. The SMILES string of the molecule is CCOC(=O)N1C=c2cccnc2=NC1. The Morgan fingerprint density at radius 1 is 1.67 bits per heavy atom. The summed E-state index contributed by atoms with van der Waals surface area (Å²) in [6, 6.07) is 3.66. The number of fused-ring (bicyclic) bond motifs is 1. The highest BCUT2D eigenvalue weighted by atomic mass is 16.6. The number of carbonyl (C=O) groups excluding carboxylic acids is 1. The van der Waals surface area contributed by atoms with Gasteiger partial charge in [0.1, 0.15) is 6.67 Å². The first-order valence-corrected chi connectivity index (χ1v) is 4.72. The third-order valence-electron chi connectivity index (χ3n) is 1.99. The van der Waals surface area contributed by atoms with Crippen molar-refractivity contribution in [3.8, 4) is 0 Å². The van der Waals surface area contributed by atoms with Crippen molar-refractivity contribution in [1.29, 1.82) is 0 Å². The summed E-state index contributed by atoms with van der Waals surface area (Å²) in [5, 5.41) is 0.830. The van der Waals surface area contributed by atoms with E-state index in [1.807, 2.05) is 6.07 Å². The predicted molar refractivity (Wildman–Crippen MR) is 53.2 cm³/mol. The molecule has 0 atom stereocenters. The maximum absolute atomic E-state index is 11.4. The molecule has 0 aliphatic carbocycles. The summed E-state index contributed by atoms with van der Waals surface area (Å²) >= 11 is 0. The van der Waals surface area contributed by atoms with Gasteiger partial charge in [0.25, 0.3) is 0 Å². The van der Waals surface area contributed by atoms with Gasteiger partial charge >= 0.3 is 6.09 Å². The number of hydrogen-bond acceptors (Lipinski definition) is 4. The highest BCUT2D eigenvalue weighted by Crippen LogP contribution is 1.96. The minimum Gasteiger partial charge on any atom is -0.449 e. The number of amides is 1. The van der Waals surface area contributed by atoms with Crippen LogP contribution in [-0.2, 0) is 4.74 Å². The second kappa shape index (κ2) is 4.08. The fourth-order valence-electron chi connectivity index (χ4n) is 1.31. The molecule has 1 aromatic heterocycles.